The third-order valence-corrected chi connectivity index (χ3v) is 1.99. The van der Waals surface area contributed by atoms with Gasteiger partial charge in [0.1, 0.15) is 5.56 Å². The minimum Gasteiger partial charge on any atom is -0.490 e. The Hall–Kier alpha value is -1.79. The Labute approximate surface area is 100 Å². The summed E-state index contributed by atoms with van der Waals surface area (Å²) >= 11 is 0. The predicted molar refractivity (Wildman–Crippen MR) is 53.4 cm³/mol. The molecule has 1 rings (SSSR count). The van der Waals surface area contributed by atoms with E-state index in [4.69, 9.17) is 0 Å². The average Bonchev–Trinajstić information content (AvgIpc) is 2.34. The average molecular weight is 266 g/mol. The van der Waals surface area contributed by atoms with Gasteiger partial charge in [-0.3, -0.25) is 0 Å². The molecule has 1 aromatic carbocycles. The van der Waals surface area contributed by atoms with Crippen molar-refractivity contribution in [1.82, 2.24) is 0 Å². The maximum atomic E-state index is 13.4. The van der Waals surface area contributed by atoms with Crippen molar-refractivity contribution in [1.29, 1.82) is 0 Å². The first-order valence-corrected chi connectivity index (χ1v) is 5.11. The number of hydrogen-bond donors (Lipinski definition) is 0. The number of carbonyl (C=O) groups excluding carboxylic acids is 1. The van der Waals surface area contributed by atoms with E-state index in [1.165, 1.54) is 13.8 Å². The summed E-state index contributed by atoms with van der Waals surface area (Å²) in [6, 6.07) is 0. The molecule has 0 aromatic heterocycles. The maximum absolute atomic E-state index is 13.4. The summed E-state index contributed by atoms with van der Waals surface area (Å²) in [6.45, 7) is 2.54. The summed E-state index contributed by atoms with van der Waals surface area (Å²) in [5.74, 6) is -10.0. The lowest BCUT2D eigenvalue weighted by Crippen LogP contribution is -2.15. The lowest BCUT2D eigenvalue weighted by atomic mass is 10.1. The third kappa shape index (κ3) is 2.39. The second-order valence-corrected chi connectivity index (χ2v) is 3.11. The van der Waals surface area contributed by atoms with Crippen LogP contribution in [0.4, 0.5) is 17.6 Å². The van der Waals surface area contributed by atoms with Crippen molar-refractivity contribution in [3.05, 3.63) is 28.8 Å². The first kappa shape index (κ1) is 14.3. The smallest absolute Gasteiger partial charge is 0.345 e. The van der Waals surface area contributed by atoms with Crippen molar-refractivity contribution in [2.24, 2.45) is 0 Å². The molecule has 0 N–H and O–H groups in total. The van der Waals surface area contributed by atoms with E-state index in [1.54, 1.807) is 0 Å². The quantitative estimate of drug-likeness (QED) is 0.364. The van der Waals surface area contributed by atoms with Crippen molar-refractivity contribution >= 4 is 5.97 Å². The van der Waals surface area contributed by atoms with E-state index in [9.17, 15) is 22.4 Å². The zero-order valence-electron chi connectivity index (χ0n) is 9.65. The van der Waals surface area contributed by atoms with Crippen LogP contribution in [0.1, 0.15) is 24.2 Å². The first-order valence-electron chi connectivity index (χ1n) is 5.11. The highest BCUT2D eigenvalue weighted by atomic mass is 19.2. The van der Waals surface area contributed by atoms with E-state index in [0.717, 1.165) is 0 Å². The minimum absolute atomic E-state index is 0.134. The highest BCUT2D eigenvalue weighted by molar-refractivity contribution is 5.93. The van der Waals surface area contributed by atoms with Crippen LogP contribution in [0, 0.1) is 23.3 Å². The Morgan fingerprint density at radius 2 is 1.50 bits per heavy atom. The number of ether oxygens (including phenoxy) is 2. The van der Waals surface area contributed by atoms with E-state index in [-0.39, 0.29) is 13.2 Å². The van der Waals surface area contributed by atoms with Gasteiger partial charge >= 0.3 is 5.97 Å². The standard InChI is InChI=1S/C11H10F4O3/c1-3-17-10-5(11(16)18-4-2)6(12)7(13)8(14)9(10)15/h3-4H2,1-2H3. The second-order valence-electron chi connectivity index (χ2n) is 3.11. The van der Waals surface area contributed by atoms with Gasteiger partial charge in [0.2, 0.25) is 11.6 Å². The van der Waals surface area contributed by atoms with Crippen LogP contribution in [-0.4, -0.2) is 19.2 Å². The summed E-state index contributed by atoms with van der Waals surface area (Å²) in [5, 5.41) is 0. The highest BCUT2D eigenvalue weighted by Gasteiger charge is 2.31. The Kier molecular flexibility index (Phi) is 4.52. The van der Waals surface area contributed by atoms with Crippen LogP contribution in [-0.2, 0) is 4.74 Å². The highest BCUT2D eigenvalue weighted by Crippen LogP contribution is 2.31. The number of esters is 1. The molecule has 0 fully saturated rings. The van der Waals surface area contributed by atoms with Crippen molar-refractivity contribution in [2.45, 2.75) is 13.8 Å². The fourth-order valence-electron chi connectivity index (χ4n) is 1.28. The van der Waals surface area contributed by atoms with Crippen LogP contribution in [0.5, 0.6) is 5.75 Å². The number of hydrogen-bond acceptors (Lipinski definition) is 3. The SMILES string of the molecule is CCOC(=O)c1c(F)c(F)c(F)c(F)c1OCC. The van der Waals surface area contributed by atoms with Crippen molar-refractivity contribution in [3.63, 3.8) is 0 Å². The summed E-state index contributed by atoms with van der Waals surface area (Å²) in [7, 11) is 0. The molecule has 0 spiro atoms. The molecular formula is C11H10F4O3. The summed E-state index contributed by atoms with van der Waals surface area (Å²) in [6.07, 6.45) is 0. The molecule has 100 valence electrons. The fourth-order valence-corrected chi connectivity index (χ4v) is 1.28. The molecule has 0 unspecified atom stereocenters. The van der Waals surface area contributed by atoms with Crippen molar-refractivity contribution < 1.29 is 31.8 Å². The lowest BCUT2D eigenvalue weighted by Gasteiger charge is -2.12. The predicted octanol–water partition coefficient (Wildman–Crippen LogP) is 2.82. The second kappa shape index (κ2) is 5.70. The summed E-state index contributed by atoms with van der Waals surface area (Å²) in [5.41, 5.74) is -1.09. The molecule has 0 radical (unpaired) electrons. The van der Waals surface area contributed by atoms with Gasteiger partial charge in [-0.25, -0.2) is 18.0 Å². The zero-order chi connectivity index (χ0) is 13.9. The summed E-state index contributed by atoms with van der Waals surface area (Å²) < 4.78 is 61.9. The van der Waals surface area contributed by atoms with Crippen LogP contribution in [0.2, 0.25) is 0 Å². The Morgan fingerprint density at radius 1 is 0.944 bits per heavy atom. The zero-order valence-corrected chi connectivity index (χ0v) is 9.65. The number of benzene rings is 1. The fraction of sp³-hybridized carbons (Fsp3) is 0.364. The Bertz CT molecular complexity index is 474. The number of rotatable bonds is 4. The Balaban J connectivity index is 3.50. The normalized spacial score (nSPS) is 10.3. The maximum Gasteiger partial charge on any atom is 0.345 e. The van der Waals surface area contributed by atoms with Gasteiger partial charge in [-0.2, -0.15) is 4.39 Å². The topological polar surface area (TPSA) is 35.5 Å². The van der Waals surface area contributed by atoms with E-state index in [2.05, 4.69) is 9.47 Å². The molecule has 0 aliphatic carbocycles. The molecule has 18 heavy (non-hydrogen) atoms. The van der Waals surface area contributed by atoms with Crippen LogP contribution < -0.4 is 4.74 Å². The first-order chi connectivity index (χ1) is 8.45. The molecular weight excluding hydrogens is 256 g/mol. The third-order valence-electron chi connectivity index (χ3n) is 1.99. The van der Waals surface area contributed by atoms with Gasteiger partial charge in [-0.15, -0.1) is 0 Å². The van der Waals surface area contributed by atoms with Crippen LogP contribution in [0.25, 0.3) is 0 Å². The largest absolute Gasteiger partial charge is 0.490 e. The minimum atomic E-state index is -2.08. The van der Waals surface area contributed by atoms with E-state index >= 15 is 0 Å². The van der Waals surface area contributed by atoms with Gasteiger partial charge in [0, 0.05) is 0 Å². The molecule has 0 aliphatic rings. The van der Waals surface area contributed by atoms with Crippen LogP contribution in [0.3, 0.4) is 0 Å². The Morgan fingerprint density at radius 3 is 2.00 bits per heavy atom. The molecule has 0 saturated carbocycles. The van der Waals surface area contributed by atoms with Crippen LogP contribution in [0.15, 0.2) is 0 Å². The molecule has 0 atom stereocenters. The molecule has 0 bridgehead atoms. The summed E-state index contributed by atoms with van der Waals surface area (Å²) in [4.78, 5) is 11.4. The van der Waals surface area contributed by atoms with Gasteiger partial charge in [0.05, 0.1) is 13.2 Å². The van der Waals surface area contributed by atoms with Gasteiger partial charge in [-0.05, 0) is 13.8 Å². The molecule has 1 aromatic rings. The molecule has 0 heterocycles. The van der Waals surface area contributed by atoms with Gasteiger partial charge in [0.15, 0.2) is 17.4 Å². The molecule has 0 aliphatic heterocycles. The molecule has 0 amide bonds. The lowest BCUT2D eigenvalue weighted by molar-refractivity contribution is 0.0513. The van der Waals surface area contributed by atoms with Gasteiger partial charge in [-0.1, -0.05) is 0 Å². The van der Waals surface area contributed by atoms with Crippen molar-refractivity contribution in [3.8, 4) is 5.75 Å². The molecule has 0 saturated heterocycles. The molecule has 3 nitrogen and oxygen atoms in total. The number of halogens is 4. The molecule has 7 heteroatoms. The van der Waals surface area contributed by atoms with Crippen LogP contribution >= 0.6 is 0 Å². The number of carbonyl (C=O) groups is 1. The van der Waals surface area contributed by atoms with E-state index < -0.39 is 40.6 Å². The van der Waals surface area contributed by atoms with E-state index in [0.29, 0.717) is 0 Å². The van der Waals surface area contributed by atoms with Crippen molar-refractivity contribution in [2.75, 3.05) is 13.2 Å². The monoisotopic (exact) mass is 266 g/mol. The van der Waals surface area contributed by atoms with Gasteiger partial charge in [0.25, 0.3) is 0 Å². The van der Waals surface area contributed by atoms with E-state index in [1.807, 2.05) is 0 Å². The van der Waals surface area contributed by atoms with Gasteiger partial charge < -0.3 is 9.47 Å².